The lowest BCUT2D eigenvalue weighted by Crippen LogP contribution is -2.46. The number of nitrogens with two attached hydrogens (primary N) is 1. The van der Waals surface area contributed by atoms with E-state index in [1.807, 2.05) is 22.9 Å². The first-order valence-electron chi connectivity index (χ1n) is 11.7. The molecule has 0 unspecified atom stereocenters. The van der Waals surface area contributed by atoms with Crippen LogP contribution in [0.15, 0.2) is 54.7 Å². The van der Waals surface area contributed by atoms with Crippen molar-refractivity contribution in [2.45, 2.75) is 57.9 Å². The summed E-state index contributed by atoms with van der Waals surface area (Å²) in [5.74, 6) is -0.567. The quantitative estimate of drug-likeness (QED) is 0.356. The summed E-state index contributed by atoms with van der Waals surface area (Å²) in [4.78, 5) is 27.5. The van der Waals surface area contributed by atoms with E-state index in [1.54, 1.807) is 6.20 Å². The third-order valence-corrected chi connectivity index (χ3v) is 5.71. The summed E-state index contributed by atoms with van der Waals surface area (Å²) in [6.07, 6.45) is 5.23. The van der Waals surface area contributed by atoms with Gasteiger partial charge in [0.1, 0.15) is 11.7 Å². The molecule has 8 heteroatoms. The van der Waals surface area contributed by atoms with Crippen LogP contribution in [-0.4, -0.2) is 44.3 Å². The molecule has 0 aliphatic carbocycles. The number of benzene rings is 1. The highest BCUT2D eigenvalue weighted by Gasteiger charge is 2.16. The number of aromatic nitrogens is 3. The normalized spacial score (nSPS) is 12.0. The second-order valence-electron chi connectivity index (χ2n) is 8.66. The summed E-state index contributed by atoms with van der Waals surface area (Å²) in [5.41, 5.74) is 10.1. The molecule has 0 aliphatic heterocycles. The second-order valence-corrected chi connectivity index (χ2v) is 8.66. The van der Waals surface area contributed by atoms with Crippen LogP contribution in [0.2, 0.25) is 0 Å². The number of carbonyl (C=O) groups excluding carboxylic acids is 2. The Morgan fingerprint density at radius 2 is 1.82 bits per heavy atom. The van der Waals surface area contributed by atoms with Gasteiger partial charge < -0.3 is 16.2 Å². The predicted octanol–water partition coefficient (Wildman–Crippen LogP) is 3.12. The SMILES string of the molecule is CC(C)c1ccc(-n2nc(-c3ccccn3)cc2CCCCCC(=O)N[C@@H](CO)C(N)=O)cc1. The van der Waals surface area contributed by atoms with Gasteiger partial charge in [-0.25, -0.2) is 4.68 Å². The Labute approximate surface area is 200 Å². The maximum atomic E-state index is 12.0. The summed E-state index contributed by atoms with van der Waals surface area (Å²) in [5, 5.41) is 16.4. The lowest BCUT2D eigenvalue weighted by molar-refractivity contribution is -0.128. The Hall–Kier alpha value is -3.52. The van der Waals surface area contributed by atoms with E-state index in [2.05, 4.69) is 54.5 Å². The second kappa shape index (κ2) is 12.1. The van der Waals surface area contributed by atoms with Gasteiger partial charge in [-0.1, -0.05) is 38.5 Å². The van der Waals surface area contributed by atoms with Crippen molar-refractivity contribution < 1.29 is 14.7 Å². The lowest BCUT2D eigenvalue weighted by atomic mass is 10.0. The number of unbranched alkanes of at least 4 members (excludes halogenated alkanes) is 2. The van der Waals surface area contributed by atoms with Crippen LogP contribution in [0.5, 0.6) is 0 Å². The van der Waals surface area contributed by atoms with E-state index in [-0.39, 0.29) is 12.3 Å². The average molecular weight is 464 g/mol. The third kappa shape index (κ3) is 6.74. The molecule has 2 amide bonds. The molecule has 3 rings (SSSR count). The van der Waals surface area contributed by atoms with Crippen LogP contribution in [-0.2, 0) is 16.0 Å². The minimum atomic E-state index is -1.03. The van der Waals surface area contributed by atoms with Crippen LogP contribution >= 0.6 is 0 Å². The first-order chi connectivity index (χ1) is 16.4. The van der Waals surface area contributed by atoms with Gasteiger partial charge in [-0.3, -0.25) is 14.6 Å². The Balaban J connectivity index is 1.65. The van der Waals surface area contributed by atoms with E-state index in [0.717, 1.165) is 42.0 Å². The van der Waals surface area contributed by atoms with E-state index in [9.17, 15) is 9.59 Å². The van der Waals surface area contributed by atoms with Crippen molar-refractivity contribution >= 4 is 11.8 Å². The van der Waals surface area contributed by atoms with Crippen molar-refractivity contribution in [3.05, 3.63) is 66.0 Å². The van der Waals surface area contributed by atoms with Crippen molar-refractivity contribution in [1.82, 2.24) is 20.1 Å². The number of nitrogens with zero attached hydrogens (tertiary/aromatic N) is 3. The van der Waals surface area contributed by atoms with Crippen LogP contribution < -0.4 is 11.1 Å². The standard InChI is InChI=1S/C26H33N5O3/c1-18(2)19-11-13-20(14-12-19)31-21(16-23(30-31)22-9-6-7-15-28-22)8-4-3-5-10-25(33)29-24(17-32)26(27)34/h6-7,9,11-16,18,24,32H,3-5,8,10,17H2,1-2H3,(H2,27,34)(H,29,33)/t24-/m0/s1. The van der Waals surface area contributed by atoms with Crippen LogP contribution in [0.25, 0.3) is 17.1 Å². The molecular formula is C26H33N5O3. The number of primary amides is 1. The van der Waals surface area contributed by atoms with E-state index >= 15 is 0 Å². The zero-order valence-corrected chi connectivity index (χ0v) is 19.8. The molecule has 0 fully saturated rings. The van der Waals surface area contributed by atoms with Gasteiger partial charge in [0.2, 0.25) is 11.8 Å². The van der Waals surface area contributed by atoms with Gasteiger partial charge in [0.05, 0.1) is 18.0 Å². The number of pyridine rings is 1. The zero-order chi connectivity index (χ0) is 24.5. The fourth-order valence-corrected chi connectivity index (χ4v) is 3.70. The highest BCUT2D eigenvalue weighted by Crippen LogP contribution is 2.23. The molecule has 2 heterocycles. The predicted molar refractivity (Wildman–Crippen MR) is 131 cm³/mol. The molecular weight excluding hydrogens is 430 g/mol. The number of hydrogen-bond donors (Lipinski definition) is 3. The van der Waals surface area contributed by atoms with Gasteiger partial charge in [0.15, 0.2) is 0 Å². The summed E-state index contributed by atoms with van der Waals surface area (Å²) >= 11 is 0. The molecule has 0 radical (unpaired) electrons. The molecule has 0 saturated carbocycles. The highest BCUT2D eigenvalue weighted by atomic mass is 16.3. The molecule has 0 spiro atoms. The molecule has 3 aromatic rings. The largest absolute Gasteiger partial charge is 0.394 e. The number of nitrogens with one attached hydrogen (secondary N) is 1. The van der Waals surface area contributed by atoms with E-state index < -0.39 is 18.6 Å². The number of amides is 2. The minimum absolute atomic E-state index is 0.277. The number of aliphatic hydroxyl groups excluding tert-OH is 1. The van der Waals surface area contributed by atoms with Crippen molar-refractivity contribution in [3.8, 4) is 17.1 Å². The molecule has 0 saturated heterocycles. The van der Waals surface area contributed by atoms with Crippen LogP contribution in [0.1, 0.15) is 56.7 Å². The zero-order valence-electron chi connectivity index (χ0n) is 19.8. The van der Waals surface area contributed by atoms with E-state index in [4.69, 9.17) is 15.9 Å². The first kappa shape index (κ1) is 25.1. The monoisotopic (exact) mass is 463 g/mol. The van der Waals surface area contributed by atoms with Crippen molar-refractivity contribution in [3.63, 3.8) is 0 Å². The molecule has 4 N–H and O–H groups in total. The number of rotatable bonds is 12. The maximum Gasteiger partial charge on any atom is 0.242 e. The maximum absolute atomic E-state index is 12.0. The smallest absolute Gasteiger partial charge is 0.242 e. The van der Waals surface area contributed by atoms with Crippen molar-refractivity contribution in [1.29, 1.82) is 0 Å². The number of aryl methyl sites for hydroxylation is 1. The topological polar surface area (TPSA) is 123 Å². The Kier molecular flexibility index (Phi) is 8.93. The summed E-state index contributed by atoms with van der Waals surface area (Å²) in [7, 11) is 0. The minimum Gasteiger partial charge on any atom is -0.394 e. The summed E-state index contributed by atoms with van der Waals surface area (Å²) in [6.45, 7) is 3.85. The summed E-state index contributed by atoms with van der Waals surface area (Å²) < 4.78 is 1.97. The van der Waals surface area contributed by atoms with E-state index in [1.165, 1.54) is 5.56 Å². The number of aliphatic hydroxyl groups is 1. The molecule has 2 aromatic heterocycles. The van der Waals surface area contributed by atoms with Gasteiger partial charge in [0.25, 0.3) is 0 Å². The Morgan fingerprint density at radius 3 is 2.44 bits per heavy atom. The van der Waals surface area contributed by atoms with Gasteiger partial charge in [-0.2, -0.15) is 5.10 Å². The van der Waals surface area contributed by atoms with Gasteiger partial charge >= 0.3 is 0 Å². The molecule has 1 aromatic carbocycles. The van der Waals surface area contributed by atoms with Gasteiger partial charge in [-0.05, 0) is 61.1 Å². The van der Waals surface area contributed by atoms with Gasteiger partial charge in [0, 0.05) is 18.3 Å². The Morgan fingerprint density at radius 1 is 1.06 bits per heavy atom. The van der Waals surface area contributed by atoms with Crippen molar-refractivity contribution in [2.75, 3.05) is 6.61 Å². The first-order valence-corrected chi connectivity index (χ1v) is 11.7. The van der Waals surface area contributed by atoms with Crippen LogP contribution in [0.3, 0.4) is 0 Å². The molecule has 180 valence electrons. The van der Waals surface area contributed by atoms with Crippen LogP contribution in [0.4, 0.5) is 0 Å². The molecule has 0 bridgehead atoms. The average Bonchev–Trinajstić information content (AvgIpc) is 3.27. The van der Waals surface area contributed by atoms with Crippen LogP contribution in [0, 0.1) is 0 Å². The lowest BCUT2D eigenvalue weighted by Gasteiger charge is -2.12. The van der Waals surface area contributed by atoms with Gasteiger partial charge in [-0.15, -0.1) is 0 Å². The molecule has 1 atom stereocenters. The number of hydrogen-bond acceptors (Lipinski definition) is 5. The Bertz CT molecular complexity index is 1080. The fourth-order valence-electron chi connectivity index (χ4n) is 3.70. The van der Waals surface area contributed by atoms with Crippen molar-refractivity contribution in [2.24, 2.45) is 5.73 Å². The summed E-state index contributed by atoms with van der Waals surface area (Å²) in [6, 6.07) is 15.3. The number of carbonyl (C=O) groups is 2. The third-order valence-electron chi connectivity index (χ3n) is 5.71. The molecule has 34 heavy (non-hydrogen) atoms. The van der Waals surface area contributed by atoms with E-state index in [0.29, 0.717) is 12.3 Å². The fraction of sp³-hybridized carbons (Fsp3) is 0.385. The molecule has 0 aliphatic rings. The highest BCUT2D eigenvalue weighted by molar-refractivity contribution is 5.86. The molecule has 8 nitrogen and oxygen atoms in total.